The molecule has 2 aliphatic heterocycles. The zero-order chi connectivity index (χ0) is 40.0. The highest BCUT2D eigenvalue weighted by Gasteiger charge is 2.47. The molecule has 0 N–H and O–H groups in total. The van der Waals surface area contributed by atoms with Crippen molar-refractivity contribution in [3.8, 4) is 50.2 Å². The van der Waals surface area contributed by atoms with Crippen molar-refractivity contribution in [1.82, 2.24) is 4.57 Å². The summed E-state index contributed by atoms with van der Waals surface area (Å²) in [6.07, 6.45) is 0. The molecule has 0 saturated carbocycles. The predicted molar refractivity (Wildman–Crippen MR) is 259 cm³/mol. The first-order valence-electron chi connectivity index (χ1n) is 21.1. The summed E-state index contributed by atoms with van der Waals surface area (Å²) < 4.78 is 2.53. The van der Waals surface area contributed by atoms with E-state index in [1.807, 2.05) is 0 Å². The Labute approximate surface area is 352 Å². The fourth-order valence-corrected chi connectivity index (χ4v) is 13.4. The van der Waals surface area contributed by atoms with E-state index in [0.717, 1.165) is 0 Å². The van der Waals surface area contributed by atoms with Crippen LogP contribution in [-0.2, 0) is 0 Å². The first-order valence-corrected chi connectivity index (χ1v) is 24.1. The second kappa shape index (κ2) is 13.5. The number of anilines is 2. The Morgan fingerprint density at radius 2 is 0.833 bits per heavy atom. The maximum atomic E-state index is 2.80. The van der Waals surface area contributed by atoms with Crippen LogP contribution in [0.3, 0.4) is 0 Å². The summed E-state index contributed by atoms with van der Waals surface area (Å²) in [5.41, 5.74) is 19.0. The largest absolute Gasteiger partial charge is 0.376 e. The molecular formula is C56H41BN2Si. The predicted octanol–water partition coefficient (Wildman–Crippen LogP) is 11.8. The molecule has 60 heavy (non-hydrogen) atoms. The van der Waals surface area contributed by atoms with Crippen LogP contribution in [0, 0.1) is 0 Å². The van der Waals surface area contributed by atoms with Crippen LogP contribution in [0.4, 0.5) is 11.4 Å². The molecule has 0 unspecified atom stereocenters. The van der Waals surface area contributed by atoms with Crippen molar-refractivity contribution in [3.63, 3.8) is 0 Å². The molecule has 12 rings (SSSR count). The first kappa shape index (κ1) is 34.9. The van der Waals surface area contributed by atoms with Crippen molar-refractivity contribution in [2.75, 3.05) is 4.81 Å². The van der Waals surface area contributed by atoms with Gasteiger partial charge in [0, 0.05) is 39.0 Å². The molecule has 0 amide bonds. The van der Waals surface area contributed by atoms with Crippen molar-refractivity contribution in [3.05, 3.63) is 212 Å². The molecule has 282 valence electrons. The SMILES string of the molecule is C[Si]1(C)c2cc(-c3ccccc3)cc(-c3ccccc3)c2N(B2c3ccccc3-n3c4ccccc4c4cccc2c43)c2c(-c3ccccc3)cc(-c3ccccc3)cc21. The van der Waals surface area contributed by atoms with Gasteiger partial charge in [-0.15, -0.1) is 0 Å². The fraction of sp³-hybridized carbons (Fsp3) is 0.0357. The third-order valence-electron chi connectivity index (χ3n) is 13.2. The van der Waals surface area contributed by atoms with E-state index in [-0.39, 0.29) is 6.85 Å². The minimum atomic E-state index is -2.49. The fourth-order valence-electron chi connectivity index (χ4n) is 10.4. The highest BCUT2D eigenvalue weighted by molar-refractivity contribution is 7.05. The van der Waals surface area contributed by atoms with Gasteiger partial charge in [0.15, 0.2) is 0 Å². The van der Waals surface area contributed by atoms with Gasteiger partial charge in [0.25, 0.3) is 0 Å². The topological polar surface area (TPSA) is 8.17 Å². The molecule has 10 aromatic rings. The molecule has 9 aromatic carbocycles. The highest BCUT2D eigenvalue weighted by atomic mass is 28.3. The number of aromatic nitrogens is 1. The van der Waals surface area contributed by atoms with Gasteiger partial charge in [-0.3, -0.25) is 0 Å². The van der Waals surface area contributed by atoms with Gasteiger partial charge in [-0.05, 0) is 78.9 Å². The van der Waals surface area contributed by atoms with E-state index in [4.69, 9.17) is 0 Å². The minimum absolute atomic E-state index is 0.126. The maximum absolute atomic E-state index is 2.80. The summed E-state index contributed by atoms with van der Waals surface area (Å²) in [4.78, 5) is 2.80. The quantitative estimate of drug-likeness (QED) is 0.158. The summed E-state index contributed by atoms with van der Waals surface area (Å²) in [6, 6.07) is 79.3. The normalized spacial score (nSPS) is 13.6. The van der Waals surface area contributed by atoms with Crippen molar-refractivity contribution in [2.45, 2.75) is 13.1 Å². The molecule has 0 fully saturated rings. The Hall–Kier alpha value is -7.14. The van der Waals surface area contributed by atoms with Crippen molar-refractivity contribution in [2.24, 2.45) is 0 Å². The second-order valence-corrected chi connectivity index (χ2v) is 21.2. The summed E-state index contributed by atoms with van der Waals surface area (Å²) in [5, 5.41) is 5.48. The van der Waals surface area contributed by atoms with Gasteiger partial charge in [-0.1, -0.05) is 201 Å². The van der Waals surface area contributed by atoms with Gasteiger partial charge in [-0.25, -0.2) is 0 Å². The number of hydrogen-bond acceptors (Lipinski definition) is 1. The summed E-state index contributed by atoms with van der Waals surface area (Å²) in [7, 11) is -2.49. The molecule has 0 spiro atoms. The molecule has 0 bridgehead atoms. The van der Waals surface area contributed by atoms with E-state index in [9.17, 15) is 0 Å². The van der Waals surface area contributed by atoms with E-state index < -0.39 is 8.07 Å². The van der Waals surface area contributed by atoms with Crippen molar-refractivity contribution < 1.29 is 0 Å². The standard InChI is InChI=1S/C56H41BN2Si/c1-60(2)52-36-42(38-20-7-3-8-21-38)34-46(40-24-11-5-12-25-40)55(52)59(56-47(41-26-13-6-14-27-41)35-43(37-53(56)60)39-22-9-4-10-23-39)57-48-30-16-18-33-51(48)58-50-32-17-15-28-44(50)45-29-19-31-49(57)54(45)58/h3-37H,1-2H3. The Morgan fingerprint density at radius 1 is 0.383 bits per heavy atom. The van der Waals surface area contributed by atoms with Gasteiger partial charge < -0.3 is 9.38 Å². The average molecular weight is 781 g/mol. The average Bonchev–Trinajstić information content (AvgIpc) is 3.66. The van der Waals surface area contributed by atoms with E-state index in [0.29, 0.717) is 0 Å². The van der Waals surface area contributed by atoms with Gasteiger partial charge >= 0.3 is 6.85 Å². The number of nitrogens with zero attached hydrogens (tertiary/aromatic N) is 2. The molecule has 0 saturated heterocycles. The zero-order valence-corrected chi connectivity index (χ0v) is 34.7. The number of benzene rings is 9. The van der Waals surface area contributed by atoms with Crippen molar-refractivity contribution in [1.29, 1.82) is 0 Å². The van der Waals surface area contributed by atoms with Crippen LogP contribution in [-0.4, -0.2) is 19.5 Å². The Kier molecular flexibility index (Phi) is 7.82. The summed E-state index contributed by atoms with van der Waals surface area (Å²) in [5.74, 6) is 0. The third kappa shape index (κ3) is 5.14. The highest BCUT2D eigenvalue weighted by Crippen LogP contribution is 2.47. The Morgan fingerprint density at radius 3 is 1.40 bits per heavy atom. The molecule has 0 aliphatic carbocycles. The minimum Gasteiger partial charge on any atom is -0.376 e. The Balaban J connectivity index is 1.28. The smallest absolute Gasteiger partial charge is 0.332 e. The number of hydrogen-bond donors (Lipinski definition) is 0. The lowest BCUT2D eigenvalue weighted by molar-refractivity contribution is 1.18. The molecule has 2 aliphatic rings. The first-order chi connectivity index (χ1) is 29.6. The van der Waals surface area contributed by atoms with E-state index in [1.54, 1.807) is 0 Å². The van der Waals surface area contributed by atoms with Crippen LogP contribution in [0.5, 0.6) is 0 Å². The van der Waals surface area contributed by atoms with Crippen LogP contribution in [0.15, 0.2) is 212 Å². The van der Waals surface area contributed by atoms with Crippen LogP contribution >= 0.6 is 0 Å². The number of fused-ring (bicyclic) bond motifs is 7. The van der Waals surface area contributed by atoms with Crippen LogP contribution in [0.1, 0.15) is 0 Å². The third-order valence-corrected chi connectivity index (χ3v) is 16.6. The maximum Gasteiger partial charge on any atom is 0.332 e. The van der Waals surface area contributed by atoms with Gasteiger partial charge in [0.1, 0.15) is 8.07 Å². The second-order valence-electron chi connectivity index (χ2n) is 16.9. The summed E-state index contributed by atoms with van der Waals surface area (Å²) >= 11 is 0. The number of rotatable bonds is 5. The molecule has 2 nitrogen and oxygen atoms in total. The Bertz CT molecular complexity index is 3150. The molecule has 0 atom stereocenters. The van der Waals surface area contributed by atoms with E-state index in [2.05, 4.69) is 235 Å². The number of para-hydroxylation sites is 3. The lowest BCUT2D eigenvalue weighted by Crippen LogP contribution is -2.66. The van der Waals surface area contributed by atoms with E-state index >= 15 is 0 Å². The van der Waals surface area contributed by atoms with Crippen LogP contribution < -0.4 is 26.1 Å². The zero-order valence-electron chi connectivity index (χ0n) is 33.7. The lowest BCUT2D eigenvalue weighted by atomic mass is 9.46. The van der Waals surface area contributed by atoms with Crippen LogP contribution in [0.2, 0.25) is 13.1 Å². The molecule has 1 aromatic heterocycles. The summed E-state index contributed by atoms with van der Waals surface area (Å²) in [6.45, 7) is 5.05. The van der Waals surface area contributed by atoms with Crippen LogP contribution in [0.25, 0.3) is 72.0 Å². The molecule has 4 heteroatoms. The van der Waals surface area contributed by atoms with Gasteiger partial charge in [0.05, 0.1) is 11.0 Å². The van der Waals surface area contributed by atoms with Gasteiger partial charge in [0.2, 0.25) is 0 Å². The molecule has 3 heterocycles. The lowest BCUT2D eigenvalue weighted by Gasteiger charge is -2.47. The van der Waals surface area contributed by atoms with E-state index in [1.165, 1.54) is 105 Å². The monoisotopic (exact) mass is 780 g/mol. The van der Waals surface area contributed by atoms with Crippen molar-refractivity contribution >= 4 is 69.4 Å². The molecular weight excluding hydrogens is 740 g/mol. The van der Waals surface area contributed by atoms with Gasteiger partial charge in [-0.2, -0.15) is 0 Å². The molecule has 0 radical (unpaired) electrons.